The molecule has 0 unspecified atom stereocenters. The molecule has 0 amide bonds. The van der Waals surface area contributed by atoms with Crippen molar-refractivity contribution in [3.8, 4) is 17.4 Å². The van der Waals surface area contributed by atoms with Crippen LogP contribution in [-0.4, -0.2) is 28.4 Å². The van der Waals surface area contributed by atoms with Crippen LogP contribution in [0.25, 0.3) is 5.82 Å². The summed E-state index contributed by atoms with van der Waals surface area (Å²) in [4.78, 5) is -0.655. The van der Waals surface area contributed by atoms with Crippen molar-refractivity contribution >= 4 is 15.7 Å². The van der Waals surface area contributed by atoms with E-state index >= 15 is 0 Å². The molecule has 4 aromatic rings. The highest BCUT2D eigenvalue weighted by Gasteiger charge is 2.19. The van der Waals surface area contributed by atoms with E-state index in [1.165, 1.54) is 24.3 Å². The van der Waals surface area contributed by atoms with E-state index in [4.69, 9.17) is 4.74 Å². The van der Waals surface area contributed by atoms with Crippen molar-refractivity contribution in [1.29, 1.82) is 0 Å². The van der Waals surface area contributed by atoms with Crippen molar-refractivity contribution in [2.75, 3.05) is 4.72 Å². The molecule has 0 fully saturated rings. The molecular formula is C21H17F2N5O3S. The van der Waals surface area contributed by atoms with Gasteiger partial charge in [-0.05, 0) is 62.4 Å². The molecule has 32 heavy (non-hydrogen) atoms. The normalized spacial score (nSPS) is 11.4. The molecule has 0 saturated heterocycles. The summed E-state index contributed by atoms with van der Waals surface area (Å²) in [6, 6.07) is 13.4. The number of ether oxygens (including phenoxy) is 1. The predicted octanol–water partition coefficient (Wildman–Crippen LogP) is 4.15. The molecule has 2 heterocycles. The molecule has 0 aliphatic carbocycles. The first kappa shape index (κ1) is 21.4. The number of hydrogen-bond acceptors (Lipinski definition) is 6. The van der Waals surface area contributed by atoms with Crippen LogP contribution in [0.5, 0.6) is 11.6 Å². The number of nitrogens with one attached hydrogen (secondary N) is 1. The van der Waals surface area contributed by atoms with Gasteiger partial charge in [0.15, 0.2) is 5.82 Å². The van der Waals surface area contributed by atoms with Gasteiger partial charge in [0.25, 0.3) is 10.0 Å². The number of halogens is 2. The van der Waals surface area contributed by atoms with E-state index in [0.717, 1.165) is 23.5 Å². The molecule has 0 spiro atoms. The Morgan fingerprint density at radius 1 is 0.938 bits per heavy atom. The van der Waals surface area contributed by atoms with Crippen LogP contribution in [0.3, 0.4) is 0 Å². The zero-order chi connectivity index (χ0) is 22.9. The maximum absolute atomic E-state index is 13.8. The molecule has 0 saturated carbocycles. The van der Waals surface area contributed by atoms with Gasteiger partial charge in [-0.25, -0.2) is 21.9 Å². The highest BCUT2D eigenvalue weighted by Crippen LogP contribution is 2.24. The average Bonchev–Trinajstić information content (AvgIpc) is 3.07. The number of aromatic nitrogens is 4. The Hall–Kier alpha value is -3.86. The minimum Gasteiger partial charge on any atom is -0.438 e. The topological polar surface area (TPSA) is 99.0 Å². The van der Waals surface area contributed by atoms with Crippen LogP contribution in [-0.2, 0) is 10.0 Å². The van der Waals surface area contributed by atoms with Crippen molar-refractivity contribution in [3.63, 3.8) is 0 Å². The second kappa shape index (κ2) is 8.35. The molecular weight excluding hydrogens is 440 g/mol. The van der Waals surface area contributed by atoms with Crippen LogP contribution in [0.15, 0.2) is 65.6 Å². The lowest BCUT2D eigenvalue weighted by Crippen LogP contribution is -2.14. The van der Waals surface area contributed by atoms with Crippen molar-refractivity contribution < 1.29 is 21.9 Å². The maximum Gasteiger partial charge on any atom is 0.264 e. The number of hydrogen-bond donors (Lipinski definition) is 1. The van der Waals surface area contributed by atoms with Gasteiger partial charge in [-0.2, -0.15) is 5.10 Å². The Balaban J connectivity index is 1.45. The SMILES string of the molecule is Cc1cc(C)n(-c2ccc(Oc3ccc(NS(=O)(=O)c4ccc(F)cc4F)cc3)nn2)n1. The molecule has 4 rings (SSSR count). The standard InChI is InChI=1S/C21H17F2N5O3S/c1-13-11-14(2)28(26-13)20-9-10-21(25-24-20)31-17-6-4-16(5-7-17)27-32(29,30)19-8-3-15(22)12-18(19)23/h3-12,27H,1-2H3. The van der Waals surface area contributed by atoms with E-state index in [1.807, 2.05) is 19.9 Å². The summed E-state index contributed by atoms with van der Waals surface area (Å²) in [6.07, 6.45) is 0. The Kier molecular flexibility index (Phi) is 5.57. The summed E-state index contributed by atoms with van der Waals surface area (Å²) >= 11 is 0. The van der Waals surface area contributed by atoms with E-state index in [1.54, 1.807) is 16.8 Å². The first-order valence-corrected chi connectivity index (χ1v) is 10.8. The smallest absolute Gasteiger partial charge is 0.264 e. The summed E-state index contributed by atoms with van der Waals surface area (Å²) in [6.45, 7) is 3.79. The van der Waals surface area contributed by atoms with E-state index in [9.17, 15) is 17.2 Å². The maximum atomic E-state index is 13.8. The van der Waals surface area contributed by atoms with E-state index < -0.39 is 26.6 Å². The summed E-state index contributed by atoms with van der Waals surface area (Å²) in [5, 5.41) is 12.5. The number of nitrogens with zero attached hydrogens (tertiary/aromatic N) is 4. The lowest BCUT2D eigenvalue weighted by atomic mass is 10.3. The molecule has 0 bridgehead atoms. The lowest BCUT2D eigenvalue weighted by Gasteiger charge is -2.10. The number of aryl methyl sites for hydroxylation is 2. The van der Waals surface area contributed by atoms with E-state index in [2.05, 4.69) is 20.0 Å². The molecule has 0 aliphatic heterocycles. The highest BCUT2D eigenvalue weighted by molar-refractivity contribution is 7.92. The number of rotatable bonds is 6. The average molecular weight is 457 g/mol. The Bertz CT molecular complexity index is 1370. The van der Waals surface area contributed by atoms with Crippen LogP contribution < -0.4 is 9.46 Å². The molecule has 0 radical (unpaired) electrons. The number of benzene rings is 2. The number of anilines is 1. The summed E-state index contributed by atoms with van der Waals surface area (Å²) in [5.74, 6) is -0.888. The second-order valence-corrected chi connectivity index (χ2v) is 8.53. The van der Waals surface area contributed by atoms with Gasteiger partial charge in [-0.3, -0.25) is 4.72 Å². The Morgan fingerprint density at radius 3 is 2.28 bits per heavy atom. The third-order valence-corrected chi connectivity index (χ3v) is 5.78. The summed E-state index contributed by atoms with van der Waals surface area (Å²) < 4.78 is 61.1. The molecule has 2 aromatic carbocycles. The van der Waals surface area contributed by atoms with Crippen LogP contribution >= 0.6 is 0 Å². The molecule has 8 nitrogen and oxygen atoms in total. The zero-order valence-corrected chi connectivity index (χ0v) is 17.8. The zero-order valence-electron chi connectivity index (χ0n) is 17.0. The molecule has 164 valence electrons. The second-order valence-electron chi connectivity index (χ2n) is 6.88. The lowest BCUT2D eigenvalue weighted by molar-refractivity contribution is 0.454. The fourth-order valence-corrected chi connectivity index (χ4v) is 4.08. The third-order valence-electron chi connectivity index (χ3n) is 4.36. The van der Waals surface area contributed by atoms with Crippen molar-refractivity contribution in [2.45, 2.75) is 18.7 Å². The van der Waals surface area contributed by atoms with E-state index in [-0.39, 0.29) is 11.6 Å². The summed E-state index contributed by atoms with van der Waals surface area (Å²) in [7, 11) is -4.23. The van der Waals surface area contributed by atoms with Crippen LogP contribution in [0.1, 0.15) is 11.4 Å². The van der Waals surface area contributed by atoms with Crippen molar-refractivity contribution in [1.82, 2.24) is 20.0 Å². The fourth-order valence-electron chi connectivity index (χ4n) is 2.96. The largest absolute Gasteiger partial charge is 0.438 e. The summed E-state index contributed by atoms with van der Waals surface area (Å²) in [5.41, 5.74) is 1.96. The number of sulfonamides is 1. The van der Waals surface area contributed by atoms with Crippen molar-refractivity contribution in [2.24, 2.45) is 0 Å². The molecule has 0 aliphatic rings. The molecule has 2 aromatic heterocycles. The van der Waals surface area contributed by atoms with Crippen LogP contribution in [0.2, 0.25) is 0 Å². The predicted molar refractivity (Wildman–Crippen MR) is 112 cm³/mol. The Morgan fingerprint density at radius 2 is 1.69 bits per heavy atom. The highest BCUT2D eigenvalue weighted by atomic mass is 32.2. The van der Waals surface area contributed by atoms with Gasteiger partial charge >= 0.3 is 0 Å². The van der Waals surface area contributed by atoms with Crippen LogP contribution in [0, 0.1) is 25.5 Å². The third kappa shape index (κ3) is 4.57. The monoisotopic (exact) mass is 457 g/mol. The van der Waals surface area contributed by atoms with Gasteiger partial charge in [-0.15, -0.1) is 10.2 Å². The van der Waals surface area contributed by atoms with Crippen molar-refractivity contribution in [3.05, 3.63) is 83.7 Å². The van der Waals surface area contributed by atoms with Crippen LogP contribution in [0.4, 0.5) is 14.5 Å². The first-order valence-electron chi connectivity index (χ1n) is 9.34. The first-order chi connectivity index (χ1) is 15.2. The van der Waals surface area contributed by atoms with Gasteiger partial charge in [0.05, 0.1) is 5.69 Å². The minimum absolute atomic E-state index is 0.173. The molecule has 11 heteroatoms. The van der Waals surface area contributed by atoms with E-state index in [0.29, 0.717) is 17.6 Å². The quantitative estimate of drug-likeness (QED) is 0.467. The van der Waals surface area contributed by atoms with Gasteiger partial charge in [-0.1, -0.05) is 0 Å². The molecule has 1 N–H and O–H groups in total. The minimum atomic E-state index is -4.23. The molecule has 0 atom stereocenters. The van der Waals surface area contributed by atoms with Gasteiger partial charge in [0, 0.05) is 23.5 Å². The Labute approximate surface area is 182 Å². The van der Waals surface area contributed by atoms with Gasteiger partial charge < -0.3 is 4.74 Å². The van der Waals surface area contributed by atoms with Gasteiger partial charge in [0.1, 0.15) is 22.3 Å². The fraction of sp³-hybridized carbons (Fsp3) is 0.0952. The van der Waals surface area contributed by atoms with Gasteiger partial charge in [0.2, 0.25) is 5.88 Å².